The Morgan fingerprint density at radius 2 is 1.35 bits per heavy atom. The van der Waals surface area contributed by atoms with Gasteiger partial charge in [-0.05, 0) is 24.3 Å². The summed E-state index contributed by atoms with van der Waals surface area (Å²) in [5.74, 6) is 0.386. The number of guanidine groups is 1. The van der Waals surface area contributed by atoms with Gasteiger partial charge in [-0.15, -0.1) is 0 Å². The van der Waals surface area contributed by atoms with Crippen LogP contribution in [0.2, 0.25) is 0 Å². The topological polar surface area (TPSA) is 110 Å². The first-order valence-electron chi connectivity index (χ1n) is 5.06. The SMILES string of the molecule is NC(=Nc1ccccc1)Nc1ccccc1.O.S.[O-2].[Zn+2]. The smallest absolute Gasteiger partial charge is 2.00 e. The van der Waals surface area contributed by atoms with Gasteiger partial charge >= 0.3 is 19.5 Å². The van der Waals surface area contributed by atoms with Crippen LogP contribution in [0.1, 0.15) is 0 Å². The molecule has 2 aromatic carbocycles. The van der Waals surface area contributed by atoms with Crippen LogP contribution < -0.4 is 11.1 Å². The van der Waals surface area contributed by atoms with E-state index < -0.39 is 0 Å². The molecule has 20 heavy (non-hydrogen) atoms. The van der Waals surface area contributed by atoms with Crippen LogP contribution in [-0.2, 0) is 25.0 Å². The van der Waals surface area contributed by atoms with Crippen molar-refractivity contribution in [1.29, 1.82) is 0 Å². The molecule has 7 heteroatoms. The summed E-state index contributed by atoms with van der Waals surface area (Å²) in [6.45, 7) is 0. The van der Waals surface area contributed by atoms with Crippen molar-refractivity contribution in [2.75, 3.05) is 5.32 Å². The summed E-state index contributed by atoms with van der Waals surface area (Å²) in [6, 6.07) is 19.3. The van der Waals surface area contributed by atoms with E-state index >= 15 is 0 Å². The molecule has 0 fully saturated rings. The summed E-state index contributed by atoms with van der Waals surface area (Å²) in [5.41, 5.74) is 7.54. The van der Waals surface area contributed by atoms with Gasteiger partial charge in [0.05, 0.1) is 5.69 Å². The number of benzene rings is 2. The Morgan fingerprint density at radius 1 is 0.900 bits per heavy atom. The summed E-state index contributed by atoms with van der Waals surface area (Å²) < 4.78 is 0. The average molecular weight is 345 g/mol. The van der Waals surface area contributed by atoms with Crippen molar-refractivity contribution in [3.63, 3.8) is 0 Å². The van der Waals surface area contributed by atoms with Crippen LogP contribution >= 0.6 is 13.5 Å². The van der Waals surface area contributed by atoms with Gasteiger partial charge in [0.1, 0.15) is 0 Å². The number of nitrogens with one attached hydrogen (secondary N) is 1. The molecule has 5 N–H and O–H groups in total. The molecule has 0 unspecified atom stereocenters. The quantitative estimate of drug-likeness (QED) is 0.492. The largest absolute Gasteiger partial charge is 2.00 e. The number of hydrogen-bond donors (Lipinski definition) is 2. The molecule has 5 nitrogen and oxygen atoms in total. The van der Waals surface area contributed by atoms with Gasteiger partial charge in [0, 0.05) is 5.69 Å². The second-order valence-electron chi connectivity index (χ2n) is 3.32. The molecule has 0 aliphatic rings. The molecule has 0 bridgehead atoms. The van der Waals surface area contributed by atoms with Gasteiger partial charge in [0.25, 0.3) is 0 Å². The molecule has 0 aliphatic carbocycles. The number of para-hydroxylation sites is 2. The van der Waals surface area contributed by atoms with E-state index in [1.807, 2.05) is 60.7 Å². The minimum atomic E-state index is 0. The third-order valence-corrected chi connectivity index (χ3v) is 2.05. The normalized spacial score (nSPS) is 8.90. The first-order chi connectivity index (χ1) is 7.84. The monoisotopic (exact) mass is 343 g/mol. The van der Waals surface area contributed by atoms with Gasteiger partial charge in [-0.3, -0.25) is 0 Å². The second kappa shape index (κ2) is 12.6. The standard InChI is InChI=1S/C13H13N3.H2O.O.H2S.Zn/c14-13(15-11-7-3-1-4-8-11)16-12-9-5-2-6-10-12;;;;/h1-10H,(H3,14,15,16);1H2;;1H2;/q;;-2;;+2. The molecule has 0 amide bonds. The molecular weight excluding hydrogens is 328 g/mol. The fourth-order valence-corrected chi connectivity index (χ4v) is 1.34. The Bertz CT molecular complexity index is 483. The molecule has 0 saturated carbocycles. The minimum Gasteiger partial charge on any atom is -2.00 e. The van der Waals surface area contributed by atoms with Crippen molar-refractivity contribution in [3.05, 3.63) is 60.7 Å². The molecule has 0 spiro atoms. The molecule has 0 heterocycles. The van der Waals surface area contributed by atoms with Gasteiger partial charge in [0.2, 0.25) is 0 Å². The Morgan fingerprint density at radius 3 is 1.85 bits per heavy atom. The maximum Gasteiger partial charge on any atom is 2.00 e. The van der Waals surface area contributed by atoms with Crippen LogP contribution in [-0.4, -0.2) is 11.4 Å². The number of rotatable bonds is 2. The van der Waals surface area contributed by atoms with Crippen LogP contribution in [0.15, 0.2) is 65.7 Å². The zero-order valence-electron chi connectivity index (χ0n) is 10.9. The van der Waals surface area contributed by atoms with Crippen LogP contribution in [0.5, 0.6) is 0 Å². The van der Waals surface area contributed by atoms with Crippen molar-refractivity contribution in [2.24, 2.45) is 10.7 Å². The predicted octanol–water partition coefficient (Wildman–Crippen LogP) is 1.91. The minimum absolute atomic E-state index is 0. The van der Waals surface area contributed by atoms with Crippen molar-refractivity contribution in [1.82, 2.24) is 0 Å². The summed E-state index contributed by atoms with van der Waals surface area (Å²) in [5, 5.41) is 3.02. The predicted molar refractivity (Wildman–Crippen MR) is 82.5 cm³/mol. The molecule has 0 saturated heterocycles. The van der Waals surface area contributed by atoms with E-state index in [4.69, 9.17) is 5.73 Å². The van der Waals surface area contributed by atoms with E-state index in [1.54, 1.807) is 0 Å². The number of aliphatic imine (C=N–C) groups is 1. The number of nitrogens with two attached hydrogens (primary N) is 1. The van der Waals surface area contributed by atoms with Crippen molar-refractivity contribution < 1.29 is 30.4 Å². The van der Waals surface area contributed by atoms with Gasteiger partial charge in [-0.1, -0.05) is 36.4 Å². The Kier molecular flexibility index (Phi) is 15.0. The summed E-state index contributed by atoms with van der Waals surface area (Å²) in [6.07, 6.45) is 0. The van der Waals surface area contributed by atoms with Gasteiger partial charge < -0.3 is 22.0 Å². The number of anilines is 1. The molecule has 0 radical (unpaired) electrons. The molecule has 104 valence electrons. The Hall–Kier alpha value is -1.40. The van der Waals surface area contributed by atoms with Gasteiger partial charge in [0.15, 0.2) is 5.96 Å². The Labute approximate surface area is 138 Å². The van der Waals surface area contributed by atoms with Crippen LogP contribution in [0.3, 0.4) is 0 Å². The molecule has 0 atom stereocenters. The maximum absolute atomic E-state index is 5.78. The Balaban J connectivity index is -0.000000722. The van der Waals surface area contributed by atoms with E-state index in [0.29, 0.717) is 5.96 Å². The van der Waals surface area contributed by atoms with E-state index in [-0.39, 0.29) is 43.9 Å². The van der Waals surface area contributed by atoms with Crippen molar-refractivity contribution >= 4 is 30.8 Å². The van der Waals surface area contributed by atoms with Gasteiger partial charge in [-0.2, -0.15) is 13.5 Å². The maximum atomic E-state index is 5.78. The second-order valence-corrected chi connectivity index (χ2v) is 3.32. The molecule has 0 aliphatic heterocycles. The summed E-state index contributed by atoms with van der Waals surface area (Å²) >= 11 is 0. The average Bonchev–Trinajstić information content (AvgIpc) is 2.31. The third-order valence-electron chi connectivity index (χ3n) is 2.05. The first-order valence-corrected chi connectivity index (χ1v) is 5.06. The fourth-order valence-electron chi connectivity index (χ4n) is 1.34. The zero-order chi connectivity index (χ0) is 11.2. The van der Waals surface area contributed by atoms with Crippen LogP contribution in [0.4, 0.5) is 11.4 Å². The van der Waals surface area contributed by atoms with E-state index in [1.165, 1.54) is 0 Å². The number of nitrogens with zero attached hydrogens (tertiary/aromatic N) is 1. The fraction of sp³-hybridized carbons (Fsp3) is 0. The van der Waals surface area contributed by atoms with Gasteiger partial charge in [-0.25, -0.2) is 4.99 Å². The third kappa shape index (κ3) is 7.91. The summed E-state index contributed by atoms with van der Waals surface area (Å²) in [4.78, 5) is 4.24. The first kappa shape index (κ1) is 23.7. The van der Waals surface area contributed by atoms with Crippen LogP contribution in [0, 0.1) is 0 Å². The van der Waals surface area contributed by atoms with E-state index in [0.717, 1.165) is 11.4 Å². The van der Waals surface area contributed by atoms with Crippen LogP contribution in [0.25, 0.3) is 0 Å². The molecule has 2 aromatic rings. The molecular formula is C13H17N3O2SZn. The summed E-state index contributed by atoms with van der Waals surface area (Å²) in [7, 11) is 0. The van der Waals surface area contributed by atoms with E-state index in [9.17, 15) is 0 Å². The molecule has 0 aromatic heterocycles. The van der Waals surface area contributed by atoms with Crippen molar-refractivity contribution in [3.8, 4) is 0 Å². The number of hydrogen-bond acceptors (Lipinski definition) is 1. The van der Waals surface area contributed by atoms with Crippen molar-refractivity contribution in [2.45, 2.75) is 0 Å². The molecule has 2 rings (SSSR count). The van der Waals surface area contributed by atoms with E-state index in [2.05, 4.69) is 10.3 Å². The zero-order valence-corrected chi connectivity index (χ0v) is 14.9.